The normalized spacial score (nSPS) is 10.6. The van der Waals surface area contributed by atoms with Gasteiger partial charge in [0.25, 0.3) is 5.91 Å². The van der Waals surface area contributed by atoms with Crippen molar-refractivity contribution in [2.24, 2.45) is 0 Å². The van der Waals surface area contributed by atoms with Crippen LogP contribution in [-0.2, 0) is 9.53 Å². The van der Waals surface area contributed by atoms with Gasteiger partial charge >= 0.3 is 11.9 Å². The van der Waals surface area contributed by atoms with Crippen molar-refractivity contribution < 1.29 is 24.2 Å². The molecule has 0 atom stereocenters. The van der Waals surface area contributed by atoms with Gasteiger partial charge in [0, 0.05) is 11.9 Å². The fourth-order valence-corrected chi connectivity index (χ4v) is 2.39. The minimum absolute atomic E-state index is 0.0619. The summed E-state index contributed by atoms with van der Waals surface area (Å²) in [5, 5.41) is 23.6. The molecule has 0 saturated heterocycles. The van der Waals surface area contributed by atoms with Crippen LogP contribution in [0.3, 0.4) is 0 Å². The van der Waals surface area contributed by atoms with E-state index in [0.717, 1.165) is 12.8 Å². The Morgan fingerprint density at radius 2 is 1.93 bits per heavy atom. The third-order valence-corrected chi connectivity index (χ3v) is 3.98. The largest absolute Gasteiger partial charge is 0.478 e. The van der Waals surface area contributed by atoms with Crippen LogP contribution < -0.4 is 10.6 Å². The van der Waals surface area contributed by atoms with Gasteiger partial charge in [0.05, 0.1) is 23.4 Å². The molecule has 8 heteroatoms. The second kappa shape index (κ2) is 11.0. The number of nitriles is 1. The monoisotopic (exact) mass is 407 g/mol. The molecule has 8 nitrogen and oxygen atoms in total. The Morgan fingerprint density at radius 3 is 2.63 bits per heavy atom. The highest BCUT2D eigenvalue weighted by molar-refractivity contribution is 6.09. The van der Waals surface area contributed by atoms with Crippen LogP contribution >= 0.6 is 0 Å². The van der Waals surface area contributed by atoms with Crippen LogP contribution in [0.5, 0.6) is 0 Å². The summed E-state index contributed by atoms with van der Waals surface area (Å²) in [4.78, 5) is 35.8. The molecule has 0 aliphatic heterocycles. The molecule has 0 heterocycles. The van der Waals surface area contributed by atoms with E-state index in [1.807, 2.05) is 6.92 Å². The van der Waals surface area contributed by atoms with Gasteiger partial charge in [0.15, 0.2) is 0 Å². The molecule has 0 radical (unpaired) electrons. The fraction of sp³-hybridized carbons (Fsp3) is 0.182. The maximum absolute atomic E-state index is 12.5. The number of nitrogens with zero attached hydrogens (tertiary/aromatic N) is 1. The number of esters is 1. The van der Waals surface area contributed by atoms with E-state index < -0.39 is 17.8 Å². The molecule has 2 rings (SSSR count). The first-order chi connectivity index (χ1) is 14.5. The lowest BCUT2D eigenvalue weighted by Crippen LogP contribution is -2.18. The van der Waals surface area contributed by atoms with Crippen molar-refractivity contribution in [3.63, 3.8) is 0 Å². The predicted molar refractivity (Wildman–Crippen MR) is 111 cm³/mol. The third kappa shape index (κ3) is 6.21. The van der Waals surface area contributed by atoms with Gasteiger partial charge < -0.3 is 20.5 Å². The number of rotatable bonds is 9. The van der Waals surface area contributed by atoms with Gasteiger partial charge in [-0.05, 0) is 36.8 Å². The Kier molecular flexibility index (Phi) is 8.15. The second-order valence-electron chi connectivity index (χ2n) is 6.19. The molecule has 0 fully saturated rings. The maximum atomic E-state index is 12.5. The van der Waals surface area contributed by atoms with Crippen molar-refractivity contribution in [1.82, 2.24) is 0 Å². The molecule has 0 saturated carbocycles. The highest BCUT2D eigenvalue weighted by Crippen LogP contribution is 2.18. The van der Waals surface area contributed by atoms with Crippen molar-refractivity contribution >= 4 is 29.2 Å². The summed E-state index contributed by atoms with van der Waals surface area (Å²) in [5.74, 6) is -2.39. The van der Waals surface area contributed by atoms with E-state index in [4.69, 9.17) is 9.84 Å². The zero-order valence-electron chi connectivity index (χ0n) is 16.3. The zero-order valence-corrected chi connectivity index (χ0v) is 16.3. The van der Waals surface area contributed by atoms with E-state index in [2.05, 4.69) is 10.6 Å². The summed E-state index contributed by atoms with van der Waals surface area (Å²) >= 11 is 0. The van der Waals surface area contributed by atoms with Crippen molar-refractivity contribution in [3.8, 4) is 6.07 Å². The van der Waals surface area contributed by atoms with Gasteiger partial charge in [-0.25, -0.2) is 9.59 Å². The van der Waals surface area contributed by atoms with E-state index in [9.17, 15) is 19.6 Å². The number of carbonyl (C=O) groups excluding carboxylic acids is 2. The average molecular weight is 407 g/mol. The SMILES string of the molecule is CCCCOC(=O)c1ccccc1NC(=O)/C(C#N)=C\Nc1cccc(C(=O)O)c1. The summed E-state index contributed by atoms with van der Waals surface area (Å²) in [6.07, 6.45) is 2.78. The Labute approximate surface area is 173 Å². The number of amides is 1. The number of benzene rings is 2. The Hall–Kier alpha value is -4.12. The number of nitrogens with one attached hydrogen (secondary N) is 2. The quantitative estimate of drug-likeness (QED) is 0.250. The molecule has 3 N–H and O–H groups in total. The van der Waals surface area contributed by atoms with E-state index in [1.54, 1.807) is 24.3 Å². The van der Waals surface area contributed by atoms with Crippen molar-refractivity contribution in [1.29, 1.82) is 5.26 Å². The zero-order chi connectivity index (χ0) is 21.9. The van der Waals surface area contributed by atoms with Crippen LogP contribution in [0.4, 0.5) is 11.4 Å². The molecule has 1 amide bonds. The first kappa shape index (κ1) is 22.2. The molecule has 0 unspecified atom stereocenters. The standard InChI is InChI=1S/C22H21N3O5/c1-2-3-11-30-22(29)18-9-4-5-10-19(18)25-20(26)16(13-23)14-24-17-8-6-7-15(12-17)21(27)28/h4-10,12,14,24H,2-3,11H2,1H3,(H,25,26)(H,27,28)/b16-14-. The number of ether oxygens (including phenoxy) is 1. The highest BCUT2D eigenvalue weighted by Gasteiger charge is 2.16. The maximum Gasteiger partial charge on any atom is 0.340 e. The van der Waals surface area contributed by atoms with Crippen LogP contribution in [-0.4, -0.2) is 29.6 Å². The lowest BCUT2D eigenvalue weighted by Gasteiger charge is -2.10. The Balaban J connectivity index is 2.13. The fourth-order valence-electron chi connectivity index (χ4n) is 2.39. The second-order valence-corrected chi connectivity index (χ2v) is 6.19. The molecule has 0 aromatic heterocycles. The number of unbranched alkanes of at least 4 members (excludes halogenated alkanes) is 1. The average Bonchev–Trinajstić information content (AvgIpc) is 2.75. The van der Waals surface area contributed by atoms with E-state index in [-0.39, 0.29) is 29.0 Å². The van der Waals surface area contributed by atoms with Gasteiger partial charge in [-0.3, -0.25) is 4.79 Å². The van der Waals surface area contributed by atoms with Crippen LogP contribution in [0.25, 0.3) is 0 Å². The van der Waals surface area contributed by atoms with Crippen molar-refractivity contribution in [3.05, 3.63) is 71.4 Å². The van der Waals surface area contributed by atoms with Gasteiger partial charge in [0.2, 0.25) is 0 Å². The van der Waals surface area contributed by atoms with Gasteiger partial charge in [-0.1, -0.05) is 31.5 Å². The first-order valence-electron chi connectivity index (χ1n) is 9.24. The summed E-state index contributed by atoms with van der Waals surface area (Å²) in [5.41, 5.74) is 0.603. The first-order valence-corrected chi connectivity index (χ1v) is 9.24. The van der Waals surface area contributed by atoms with Crippen LogP contribution in [0.15, 0.2) is 60.3 Å². The van der Waals surface area contributed by atoms with Crippen molar-refractivity contribution in [2.75, 3.05) is 17.2 Å². The number of aromatic carboxylic acids is 1. The predicted octanol–water partition coefficient (Wildman–Crippen LogP) is 3.80. The lowest BCUT2D eigenvalue weighted by molar-refractivity contribution is -0.112. The summed E-state index contributed by atoms with van der Waals surface area (Å²) in [6.45, 7) is 2.25. The van der Waals surface area contributed by atoms with Crippen molar-refractivity contribution in [2.45, 2.75) is 19.8 Å². The topological polar surface area (TPSA) is 129 Å². The number of anilines is 2. The molecule has 30 heavy (non-hydrogen) atoms. The minimum Gasteiger partial charge on any atom is -0.478 e. The van der Waals surface area contributed by atoms with E-state index in [1.165, 1.54) is 36.5 Å². The number of hydrogen-bond donors (Lipinski definition) is 3. The number of para-hydroxylation sites is 1. The number of carboxylic acid groups (broad SMARTS) is 1. The minimum atomic E-state index is -1.09. The molecular weight excluding hydrogens is 386 g/mol. The Morgan fingerprint density at radius 1 is 1.17 bits per heavy atom. The van der Waals surface area contributed by atoms with Gasteiger partial charge in [0.1, 0.15) is 11.6 Å². The summed E-state index contributed by atoms with van der Waals surface area (Å²) in [7, 11) is 0. The van der Waals surface area contributed by atoms with Crippen LogP contribution in [0, 0.1) is 11.3 Å². The summed E-state index contributed by atoms with van der Waals surface area (Å²) < 4.78 is 5.18. The molecule has 0 aliphatic carbocycles. The molecule has 2 aromatic rings. The third-order valence-electron chi connectivity index (χ3n) is 3.98. The number of hydrogen-bond acceptors (Lipinski definition) is 6. The van der Waals surface area contributed by atoms with E-state index >= 15 is 0 Å². The molecule has 0 bridgehead atoms. The van der Waals surface area contributed by atoms with E-state index in [0.29, 0.717) is 5.69 Å². The molecule has 0 spiro atoms. The smallest absolute Gasteiger partial charge is 0.340 e. The van der Waals surface area contributed by atoms with Crippen LogP contribution in [0.1, 0.15) is 40.5 Å². The Bertz CT molecular complexity index is 1010. The van der Waals surface area contributed by atoms with Crippen LogP contribution in [0.2, 0.25) is 0 Å². The summed E-state index contributed by atoms with van der Waals surface area (Å²) in [6, 6.07) is 14.0. The highest BCUT2D eigenvalue weighted by atomic mass is 16.5. The number of carboxylic acids is 1. The molecular formula is C22H21N3O5. The molecule has 0 aliphatic rings. The number of carbonyl (C=O) groups is 3. The lowest BCUT2D eigenvalue weighted by atomic mass is 10.1. The molecule has 2 aromatic carbocycles. The van der Waals surface area contributed by atoms with Gasteiger partial charge in [-0.15, -0.1) is 0 Å². The molecule has 154 valence electrons. The van der Waals surface area contributed by atoms with Gasteiger partial charge in [-0.2, -0.15) is 5.26 Å².